The van der Waals surface area contributed by atoms with E-state index in [4.69, 9.17) is 5.11 Å². The molecular formula is C6H12O. The number of hydrogen-bond donors (Lipinski definition) is 1. The first-order valence-electron chi connectivity index (χ1n) is 2.62. The van der Waals surface area contributed by atoms with Gasteiger partial charge in [0.1, 0.15) is 0 Å². The minimum Gasteiger partial charge on any atom is -0.389 e. The van der Waals surface area contributed by atoms with E-state index < -0.39 is 0 Å². The van der Waals surface area contributed by atoms with E-state index in [1.54, 1.807) is 13.0 Å². The molecule has 0 aromatic carbocycles. The first-order valence-corrected chi connectivity index (χ1v) is 2.62. The Morgan fingerprint density at radius 3 is 2.43 bits per heavy atom. The summed E-state index contributed by atoms with van der Waals surface area (Å²) in [6, 6.07) is 0. The summed E-state index contributed by atoms with van der Waals surface area (Å²) in [6.07, 6.45) is 4.45. The maximum atomic E-state index is 8.60. The average Bonchev–Trinajstić information content (AvgIpc) is 1.61. The number of allylic oxidation sites excluding steroid dienone is 1. The van der Waals surface area contributed by atoms with Crippen LogP contribution in [-0.2, 0) is 0 Å². The molecule has 0 amide bonds. The van der Waals surface area contributed by atoms with Crippen molar-refractivity contribution in [3.63, 3.8) is 0 Å². The molecule has 0 bridgehead atoms. The molecule has 0 radical (unpaired) electrons. The lowest BCUT2D eigenvalue weighted by Gasteiger charge is -1.88. The SMILES string of the molecule is CC/C=C\C(C)O. The molecule has 0 saturated carbocycles. The quantitative estimate of drug-likeness (QED) is 0.519. The molecule has 0 rings (SSSR count). The van der Waals surface area contributed by atoms with E-state index in [-0.39, 0.29) is 6.10 Å². The van der Waals surface area contributed by atoms with Gasteiger partial charge in [-0.1, -0.05) is 19.1 Å². The number of rotatable bonds is 2. The molecule has 0 spiro atoms. The zero-order valence-corrected chi connectivity index (χ0v) is 4.89. The Balaban J connectivity index is 3.08. The van der Waals surface area contributed by atoms with Gasteiger partial charge in [-0.05, 0) is 13.3 Å². The topological polar surface area (TPSA) is 20.2 Å². The van der Waals surface area contributed by atoms with Crippen molar-refractivity contribution in [1.82, 2.24) is 0 Å². The Bertz CT molecular complexity index is 55.2. The minimum atomic E-state index is -0.278. The molecule has 1 unspecified atom stereocenters. The fraction of sp³-hybridized carbons (Fsp3) is 0.667. The van der Waals surface area contributed by atoms with Crippen LogP contribution in [0.5, 0.6) is 0 Å². The molecule has 0 aliphatic heterocycles. The highest BCUT2D eigenvalue weighted by atomic mass is 16.3. The summed E-state index contributed by atoms with van der Waals surface area (Å²) in [6.45, 7) is 3.78. The maximum absolute atomic E-state index is 8.60. The Kier molecular flexibility index (Phi) is 3.71. The monoisotopic (exact) mass is 100 g/mol. The minimum absolute atomic E-state index is 0.278. The van der Waals surface area contributed by atoms with Gasteiger partial charge in [0.25, 0.3) is 0 Å². The van der Waals surface area contributed by atoms with Gasteiger partial charge < -0.3 is 5.11 Å². The van der Waals surface area contributed by atoms with Crippen molar-refractivity contribution in [3.05, 3.63) is 12.2 Å². The van der Waals surface area contributed by atoms with Crippen LogP contribution >= 0.6 is 0 Å². The Labute approximate surface area is 44.7 Å². The highest BCUT2D eigenvalue weighted by Gasteiger charge is 1.79. The molecule has 0 saturated heterocycles. The van der Waals surface area contributed by atoms with E-state index in [1.807, 2.05) is 13.0 Å². The van der Waals surface area contributed by atoms with E-state index in [2.05, 4.69) is 0 Å². The van der Waals surface area contributed by atoms with Crippen LogP contribution in [0.4, 0.5) is 0 Å². The standard InChI is InChI=1S/C6H12O/c1-3-4-5-6(2)7/h4-7H,3H2,1-2H3/b5-4-. The first kappa shape index (κ1) is 6.70. The molecule has 0 fully saturated rings. The fourth-order valence-corrected chi connectivity index (χ4v) is 0.333. The van der Waals surface area contributed by atoms with Gasteiger partial charge in [-0.2, -0.15) is 0 Å². The molecule has 42 valence electrons. The van der Waals surface area contributed by atoms with Crippen molar-refractivity contribution < 1.29 is 5.11 Å². The number of hydrogen-bond acceptors (Lipinski definition) is 1. The molecule has 1 nitrogen and oxygen atoms in total. The van der Waals surface area contributed by atoms with Crippen LogP contribution in [0.25, 0.3) is 0 Å². The summed E-state index contributed by atoms with van der Waals surface area (Å²) >= 11 is 0. The van der Waals surface area contributed by atoms with Crippen molar-refractivity contribution in [2.24, 2.45) is 0 Å². The molecule has 0 aromatic rings. The third kappa shape index (κ3) is 5.70. The second kappa shape index (κ2) is 3.88. The van der Waals surface area contributed by atoms with Crippen molar-refractivity contribution in [2.75, 3.05) is 0 Å². The van der Waals surface area contributed by atoms with Gasteiger partial charge >= 0.3 is 0 Å². The molecule has 1 atom stereocenters. The molecule has 0 heterocycles. The van der Waals surface area contributed by atoms with Crippen molar-refractivity contribution in [1.29, 1.82) is 0 Å². The van der Waals surface area contributed by atoms with Gasteiger partial charge in [-0.25, -0.2) is 0 Å². The van der Waals surface area contributed by atoms with Crippen LogP contribution in [0.3, 0.4) is 0 Å². The van der Waals surface area contributed by atoms with Gasteiger partial charge in [0.2, 0.25) is 0 Å². The summed E-state index contributed by atoms with van der Waals surface area (Å²) < 4.78 is 0. The maximum Gasteiger partial charge on any atom is 0.0692 e. The van der Waals surface area contributed by atoms with Crippen LogP contribution in [0, 0.1) is 0 Å². The summed E-state index contributed by atoms with van der Waals surface area (Å²) in [4.78, 5) is 0. The first-order chi connectivity index (χ1) is 3.27. The fourth-order valence-electron chi connectivity index (χ4n) is 0.333. The van der Waals surface area contributed by atoms with Gasteiger partial charge in [-0.15, -0.1) is 0 Å². The van der Waals surface area contributed by atoms with Gasteiger partial charge in [0.05, 0.1) is 6.10 Å². The van der Waals surface area contributed by atoms with Crippen LogP contribution in [-0.4, -0.2) is 11.2 Å². The number of aliphatic hydroxyl groups excluding tert-OH is 1. The normalized spacial score (nSPS) is 15.3. The zero-order valence-electron chi connectivity index (χ0n) is 4.89. The van der Waals surface area contributed by atoms with E-state index in [0.717, 1.165) is 6.42 Å². The van der Waals surface area contributed by atoms with Gasteiger partial charge in [-0.3, -0.25) is 0 Å². The summed E-state index contributed by atoms with van der Waals surface area (Å²) in [7, 11) is 0. The largest absolute Gasteiger partial charge is 0.389 e. The van der Waals surface area contributed by atoms with Crippen LogP contribution < -0.4 is 0 Å². The summed E-state index contributed by atoms with van der Waals surface area (Å²) in [5, 5.41) is 8.60. The molecule has 0 aliphatic carbocycles. The lowest BCUT2D eigenvalue weighted by molar-refractivity contribution is 0.244. The second-order valence-corrected chi connectivity index (χ2v) is 1.58. The summed E-state index contributed by atoms with van der Waals surface area (Å²) in [5.74, 6) is 0. The average molecular weight is 100 g/mol. The van der Waals surface area contributed by atoms with E-state index in [1.165, 1.54) is 0 Å². The zero-order chi connectivity index (χ0) is 5.70. The van der Waals surface area contributed by atoms with Crippen LogP contribution in [0.2, 0.25) is 0 Å². The van der Waals surface area contributed by atoms with E-state index in [9.17, 15) is 0 Å². The second-order valence-electron chi connectivity index (χ2n) is 1.58. The Morgan fingerprint density at radius 2 is 2.29 bits per heavy atom. The third-order valence-corrected chi connectivity index (χ3v) is 0.650. The molecule has 1 heteroatoms. The number of aliphatic hydroxyl groups is 1. The highest BCUT2D eigenvalue weighted by molar-refractivity contribution is 4.84. The predicted molar refractivity (Wildman–Crippen MR) is 31.1 cm³/mol. The van der Waals surface area contributed by atoms with E-state index >= 15 is 0 Å². The van der Waals surface area contributed by atoms with E-state index in [0.29, 0.717) is 0 Å². The van der Waals surface area contributed by atoms with Crippen molar-refractivity contribution in [2.45, 2.75) is 26.4 Å². The smallest absolute Gasteiger partial charge is 0.0692 e. The lowest BCUT2D eigenvalue weighted by atomic mass is 10.3. The Hall–Kier alpha value is -0.300. The predicted octanol–water partition coefficient (Wildman–Crippen LogP) is 1.33. The van der Waals surface area contributed by atoms with Crippen LogP contribution in [0.1, 0.15) is 20.3 Å². The van der Waals surface area contributed by atoms with Crippen molar-refractivity contribution >= 4 is 0 Å². The van der Waals surface area contributed by atoms with Gasteiger partial charge in [0, 0.05) is 0 Å². The van der Waals surface area contributed by atoms with Crippen molar-refractivity contribution in [3.8, 4) is 0 Å². The third-order valence-electron chi connectivity index (χ3n) is 0.650. The molecular weight excluding hydrogens is 88.1 g/mol. The lowest BCUT2D eigenvalue weighted by Crippen LogP contribution is -1.90. The molecule has 1 N–H and O–H groups in total. The summed E-state index contributed by atoms with van der Waals surface area (Å²) in [5.41, 5.74) is 0. The molecule has 7 heavy (non-hydrogen) atoms. The Morgan fingerprint density at radius 1 is 1.71 bits per heavy atom. The van der Waals surface area contributed by atoms with Gasteiger partial charge in [0.15, 0.2) is 0 Å². The highest BCUT2D eigenvalue weighted by Crippen LogP contribution is 1.84. The van der Waals surface area contributed by atoms with Crippen LogP contribution in [0.15, 0.2) is 12.2 Å². The molecule has 0 aromatic heterocycles. The molecule has 0 aliphatic rings.